The summed E-state index contributed by atoms with van der Waals surface area (Å²) in [6.45, 7) is 0. The van der Waals surface area contributed by atoms with Gasteiger partial charge in [0.25, 0.3) is 0 Å². The monoisotopic (exact) mass is 448 g/mol. The fourth-order valence-electron chi connectivity index (χ4n) is 0.827. The van der Waals surface area contributed by atoms with Crippen LogP contribution in [0.15, 0.2) is 30.3 Å². The van der Waals surface area contributed by atoms with Crippen molar-refractivity contribution in [2.75, 3.05) is 0 Å². The Bertz CT molecular complexity index is 217. The summed E-state index contributed by atoms with van der Waals surface area (Å²) in [6.07, 6.45) is 0. The third kappa shape index (κ3) is 4.90. The first kappa shape index (κ1) is 10.5. The van der Waals surface area contributed by atoms with E-state index in [4.69, 9.17) is 0 Å². The molecule has 0 aromatic heterocycles. The van der Waals surface area contributed by atoms with Gasteiger partial charge in [0.1, 0.15) is 0 Å². The molecular formula is C7H7Br3Sn. The minimum atomic E-state index is -2.13. The molecule has 11 heavy (non-hydrogen) atoms. The Kier molecular flexibility index (Phi) is 4.43. The molecule has 0 aliphatic carbocycles. The minimum absolute atomic E-state index is 1.12. The third-order valence-electron chi connectivity index (χ3n) is 1.25. The van der Waals surface area contributed by atoms with Crippen LogP contribution in [0.2, 0.25) is 0 Å². The molecule has 0 N–H and O–H groups in total. The van der Waals surface area contributed by atoms with Gasteiger partial charge in [-0.05, 0) is 0 Å². The molecule has 0 saturated heterocycles. The zero-order valence-corrected chi connectivity index (χ0v) is 13.3. The van der Waals surface area contributed by atoms with E-state index in [-0.39, 0.29) is 0 Å². The summed E-state index contributed by atoms with van der Waals surface area (Å²) in [5.74, 6) is 0. The van der Waals surface area contributed by atoms with Crippen LogP contribution in [0.4, 0.5) is 0 Å². The molecule has 1 aromatic carbocycles. The summed E-state index contributed by atoms with van der Waals surface area (Å²) in [6, 6.07) is 10.5. The van der Waals surface area contributed by atoms with Gasteiger partial charge in [-0.2, -0.15) is 0 Å². The average Bonchev–Trinajstić information content (AvgIpc) is 1.85. The van der Waals surface area contributed by atoms with Gasteiger partial charge >= 0.3 is 90.2 Å². The van der Waals surface area contributed by atoms with Crippen LogP contribution < -0.4 is 0 Å². The quantitative estimate of drug-likeness (QED) is 0.601. The summed E-state index contributed by atoms with van der Waals surface area (Å²) >= 11 is 8.85. The molecule has 0 aliphatic rings. The second-order valence-electron chi connectivity index (χ2n) is 2.28. The van der Waals surface area contributed by atoms with Crippen molar-refractivity contribution in [3.05, 3.63) is 35.9 Å². The van der Waals surface area contributed by atoms with Crippen LogP contribution in [0.5, 0.6) is 0 Å². The maximum absolute atomic E-state index is 3.66. The van der Waals surface area contributed by atoms with Crippen LogP contribution in [-0.4, -0.2) is 11.7 Å². The zero-order chi connectivity index (χ0) is 8.32. The van der Waals surface area contributed by atoms with Crippen LogP contribution in [0.1, 0.15) is 5.56 Å². The molecule has 0 bridgehead atoms. The maximum atomic E-state index is 3.66. The van der Waals surface area contributed by atoms with Crippen LogP contribution in [0.3, 0.4) is 0 Å². The van der Waals surface area contributed by atoms with Crippen molar-refractivity contribution in [3.8, 4) is 0 Å². The van der Waals surface area contributed by atoms with E-state index in [2.05, 4.69) is 62.4 Å². The van der Waals surface area contributed by atoms with Gasteiger partial charge in [0.2, 0.25) is 0 Å². The van der Waals surface area contributed by atoms with Crippen LogP contribution in [-0.2, 0) is 4.44 Å². The molecule has 60 valence electrons. The van der Waals surface area contributed by atoms with Gasteiger partial charge in [-0.1, -0.05) is 0 Å². The average molecular weight is 450 g/mol. The molecule has 1 aromatic rings. The summed E-state index contributed by atoms with van der Waals surface area (Å²) in [5.41, 5.74) is 1.38. The second kappa shape index (κ2) is 4.63. The van der Waals surface area contributed by atoms with E-state index in [1.807, 2.05) is 6.07 Å². The third-order valence-corrected chi connectivity index (χ3v) is 9.20. The Balaban J connectivity index is 2.66. The molecule has 0 aliphatic heterocycles. The molecule has 0 radical (unpaired) electrons. The van der Waals surface area contributed by atoms with Crippen molar-refractivity contribution in [3.63, 3.8) is 0 Å². The van der Waals surface area contributed by atoms with Gasteiger partial charge in [-0.25, -0.2) is 0 Å². The molecule has 0 spiro atoms. The van der Waals surface area contributed by atoms with Crippen molar-refractivity contribution < 1.29 is 0 Å². The van der Waals surface area contributed by atoms with Gasteiger partial charge in [0, 0.05) is 0 Å². The van der Waals surface area contributed by atoms with Crippen molar-refractivity contribution >= 4 is 49.8 Å². The summed E-state index contributed by atoms with van der Waals surface area (Å²) in [4.78, 5) is 0. The Morgan fingerprint density at radius 2 is 1.55 bits per heavy atom. The first-order valence-corrected chi connectivity index (χ1v) is 24.4. The number of halogens is 3. The van der Waals surface area contributed by atoms with E-state index in [1.165, 1.54) is 5.56 Å². The summed E-state index contributed by atoms with van der Waals surface area (Å²) in [5, 5.41) is 0. The van der Waals surface area contributed by atoms with Crippen LogP contribution in [0, 0.1) is 0 Å². The van der Waals surface area contributed by atoms with Gasteiger partial charge in [-0.3, -0.25) is 0 Å². The molecule has 0 nitrogen and oxygen atoms in total. The Morgan fingerprint density at radius 1 is 1.00 bits per heavy atom. The Labute approximate surface area is 88.9 Å². The SMILES string of the molecule is [Br][Sn]([Br])([Br])[CH2]c1ccccc1. The van der Waals surface area contributed by atoms with Crippen molar-refractivity contribution in [2.45, 2.75) is 4.44 Å². The molecule has 0 saturated carbocycles. The van der Waals surface area contributed by atoms with Crippen LogP contribution in [0.25, 0.3) is 0 Å². The van der Waals surface area contributed by atoms with Crippen molar-refractivity contribution in [1.82, 2.24) is 0 Å². The van der Waals surface area contributed by atoms with Crippen molar-refractivity contribution in [2.24, 2.45) is 0 Å². The van der Waals surface area contributed by atoms with Gasteiger partial charge in [0.05, 0.1) is 0 Å². The van der Waals surface area contributed by atoms with E-state index in [9.17, 15) is 0 Å². The normalized spacial score (nSPS) is 11.5. The fraction of sp³-hybridized carbons (Fsp3) is 0.143. The first-order chi connectivity index (χ1) is 5.08. The van der Waals surface area contributed by atoms with E-state index >= 15 is 0 Å². The molecule has 0 fully saturated rings. The number of hydrogen-bond donors (Lipinski definition) is 0. The first-order valence-electron chi connectivity index (χ1n) is 3.18. The molecule has 0 heterocycles. The van der Waals surface area contributed by atoms with E-state index in [0.29, 0.717) is 0 Å². The molecule has 0 unspecified atom stereocenters. The molecule has 0 amide bonds. The Morgan fingerprint density at radius 3 is 2.00 bits per heavy atom. The van der Waals surface area contributed by atoms with E-state index in [1.54, 1.807) is 0 Å². The molecule has 0 atom stereocenters. The molecule has 1 rings (SSSR count). The predicted octanol–water partition coefficient (Wildman–Crippen LogP) is 3.89. The van der Waals surface area contributed by atoms with Gasteiger partial charge in [-0.15, -0.1) is 0 Å². The fourth-order valence-corrected chi connectivity index (χ4v) is 9.34. The summed E-state index contributed by atoms with van der Waals surface area (Å²) < 4.78 is 1.12. The van der Waals surface area contributed by atoms with E-state index in [0.717, 1.165) is 4.44 Å². The predicted molar refractivity (Wildman–Crippen MR) is 62.7 cm³/mol. The summed E-state index contributed by atoms with van der Waals surface area (Å²) in [7, 11) is 0. The molecule has 4 heteroatoms. The number of hydrogen-bond acceptors (Lipinski definition) is 0. The number of benzene rings is 1. The van der Waals surface area contributed by atoms with Gasteiger partial charge in [0.15, 0.2) is 0 Å². The zero-order valence-electron chi connectivity index (χ0n) is 5.73. The van der Waals surface area contributed by atoms with Gasteiger partial charge < -0.3 is 0 Å². The topological polar surface area (TPSA) is 0 Å². The number of rotatable bonds is 2. The van der Waals surface area contributed by atoms with E-state index < -0.39 is 11.7 Å². The standard InChI is InChI=1S/C7H7.3BrH.Sn/c1-7-5-3-2-4-6-7;;;;/h2-6H,1H2;3*1H;/q;;;;+3/p-3. The Hall–Kier alpha value is 1.46. The van der Waals surface area contributed by atoms with Crippen molar-refractivity contribution in [1.29, 1.82) is 0 Å². The van der Waals surface area contributed by atoms with Crippen LogP contribution >= 0.6 is 38.1 Å². The second-order valence-corrected chi connectivity index (χ2v) is 55.5. The molecular weight excluding hydrogens is 443 g/mol.